The lowest BCUT2D eigenvalue weighted by Gasteiger charge is -2.20. The molecule has 1 atom stereocenters. The molecule has 0 N–H and O–H groups in total. The number of sulfone groups is 1. The van der Waals surface area contributed by atoms with Gasteiger partial charge < -0.3 is 9.64 Å². The zero-order valence-electron chi connectivity index (χ0n) is 15.4. The highest BCUT2D eigenvalue weighted by Crippen LogP contribution is 2.33. The van der Waals surface area contributed by atoms with Gasteiger partial charge in [-0.15, -0.1) is 11.8 Å². The topological polar surface area (TPSA) is 63.7 Å². The summed E-state index contributed by atoms with van der Waals surface area (Å²) in [5.74, 6) is 1.12. The average molecular weight is 406 g/mol. The van der Waals surface area contributed by atoms with Crippen molar-refractivity contribution < 1.29 is 17.9 Å². The first-order chi connectivity index (χ1) is 12.9. The fourth-order valence-electron chi connectivity index (χ4n) is 3.06. The van der Waals surface area contributed by atoms with E-state index in [0.29, 0.717) is 18.5 Å². The highest BCUT2D eigenvalue weighted by molar-refractivity contribution is 8.02. The number of benzene rings is 2. The summed E-state index contributed by atoms with van der Waals surface area (Å²) in [6.45, 7) is 0.486. The summed E-state index contributed by atoms with van der Waals surface area (Å²) in [5.41, 5.74) is 1.63. The number of nitrogens with zero attached hydrogens (tertiary/aromatic N) is 1. The Kier molecular flexibility index (Phi) is 6.11. The van der Waals surface area contributed by atoms with Crippen molar-refractivity contribution in [3.05, 3.63) is 59.7 Å². The van der Waals surface area contributed by atoms with Gasteiger partial charge >= 0.3 is 0 Å². The van der Waals surface area contributed by atoms with Gasteiger partial charge in [-0.2, -0.15) is 0 Å². The molecule has 7 heteroatoms. The number of carbonyl (C=O) groups is 1. The third-order valence-electron chi connectivity index (χ3n) is 4.53. The van der Waals surface area contributed by atoms with Gasteiger partial charge in [0.25, 0.3) is 5.91 Å². The molecule has 3 rings (SSSR count). The largest absolute Gasteiger partial charge is 0.497 e. The van der Waals surface area contributed by atoms with Crippen molar-refractivity contribution in [3.63, 3.8) is 0 Å². The molecule has 27 heavy (non-hydrogen) atoms. The first kappa shape index (κ1) is 19.8. The van der Waals surface area contributed by atoms with Crippen LogP contribution < -0.4 is 4.74 Å². The van der Waals surface area contributed by atoms with E-state index in [1.807, 2.05) is 42.5 Å². The van der Waals surface area contributed by atoms with Crippen LogP contribution in [0.1, 0.15) is 22.3 Å². The Balaban J connectivity index is 1.72. The molecule has 0 spiro atoms. The number of hydrogen-bond donors (Lipinski definition) is 0. The normalized spacial score (nSPS) is 18.2. The second-order valence-corrected chi connectivity index (χ2v) is 10.2. The van der Waals surface area contributed by atoms with Gasteiger partial charge in [0.15, 0.2) is 9.84 Å². The lowest BCUT2D eigenvalue weighted by atomic mass is 10.1. The number of amides is 1. The molecule has 1 amide bonds. The number of carbonyl (C=O) groups excluding carboxylic acids is 1. The van der Waals surface area contributed by atoms with Crippen molar-refractivity contribution in [1.82, 2.24) is 4.90 Å². The van der Waals surface area contributed by atoms with E-state index in [9.17, 15) is 13.2 Å². The van der Waals surface area contributed by atoms with Crippen molar-refractivity contribution in [2.24, 2.45) is 0 Å². The summed E-state index contributed by atoms with van der Waals surface area (Å²) in [5, 5.41) is 0.0100. The summed E-state index contributed by atoms with van der Waals surface area (Å²) in [4.78, 5) is 15.5. The van der Waals surface area contributed by atoms with Crippen LogP contribution >= 0.6 is 11.8 Å². The Morgan fingerprint density at radius 2 is 1.89 bits per heavy atom. The van der Waals surface area contributed by atoms with Crippen LogP contribution in [0.15, 0.2) is 53.4 Å². The minimum absolute atomic E-state index is 0.0100. The Labute approximate surface area is 164 Å². The number of thioether (sulfide) groups is 1. The molecule has 0 aromatic heterocycles. The zero-order valence-corrected chi connectivity index (χ0v) is 17.1. The third kappa shape index (κ3) is 5.05. The minimum atomic E-state index is -2.94. The van der Waals surface area contributed by atoms with Crippen LogP contribution in [0.3, 0.4) is 0 Å². The Hall–Kier alpha value is -1.99. The maximum Gasteiger partial charge on any atom is 0.255 e. The highest BCUT2D eigenvalue weighted by Gasteiger charge is 2.29. The van der Waals surface area contributed by atoms with Gasteiger partial charge in [-0.1, -0.05) is 24.3 Å². The van der Waals surface area contributed by atoms with Gasteiger partial charge in [-0.25, -0.2) is 8.42 Å². The minimum Gasteiger partial charge on any atom is -0.497 e. The molecule has 1 aliphatic heterocycles. The van der Waals surface area contributed by atoms with Gasteiger partial charge in [0.05, 0.1) is 24.2 Å². The van der Waals surface area contributed by atoms with E-state index in [1.54, 1.807) is 25.1 Å². The molecule has 5 nitrogen and oxygen atoms in total. The summed E-state index contributed by atoms with van der Waals surface area (Å²) in [6.07, 6.45) is 0.636. The van der Waals surface area contributed by atoms with E-state index in [0.717, 1.165) is 16.2 Å². The average Bonchev–Trinajstić information content (AvgIpc) is 3.00. The summed E-state index contributed by atoms with van der Waals surface area (Å²) in [6, 6.07) is 15.0. The van der Waals surface area contributed by atoms with Gasteiger partial charge in [-0.3, -0.25) is 4.79 Å². The SMILES string of the molecule is COc1ccc(CN(C)C(=O)c2ccccc2S[C@@H]2CCS(=O)(=O)C2)cc1. The molecule has 0 bridgehead atoms. The van der Waals surface area contributed by atoms with E-state index in [1.165, 1.54) is 11.8 Å². The van der Waals surface area contributed by atoms with Crippen LogP contribution in [0.25, 0.3) is 0 Å². The third-order valence-corrected chi connectivity index (χ3v) is 7.85. The molecule has 0 unspecified atom stereocenters. The van der Waals surface area contributed by atoms with E-state index in [4.69, 9.17) is 4.74 Å². The Morgan fingerprint density at radius 3 is 2.52 bits per heavy atom. The number of methoxy groups -OCH3 is 1. The summed E-state index contributed by atoms with van der Waals surface area (Å²) in [7, 11) is 0.454. The number of hydrogen-bond acceptors (Lipinski definition) is 5. The van der Waals surface area contributed by atoms with E-state index >= 15 is 0 Å². The van der Waals surface area contributed by atoms with Crippen LogP contribution in [0.5, 0.6) is 5.75 Å². The summed E-state index contributed by atoms with van der Waals surface area (Å²) < 4.78 is 28.6. The molecular formula is C20H23NO4S2. The van der Waals surface area contributed by atoms with Crippen LogP contribution in [0.2, 0.25) is 0 Å². The number of ether oxygens (including phenoxy) is 1. The lowest BCUT2D eigenvalue weighted by Crippen LogP contribution is -2.26. The van der Waals surface area contributed by atoms with E-state index < -0.39 is 9.84 Å². The molecule has 0 saturated carbocycles. The van der Waals surface area contributed by atoms with Crippen molar-refractivity contribution in [2.75, 3.05) is 25.7 Å². The van der Waals surface area contributed by atoms with Crippen LogP contribution in [0.4, 0.5) is 0 Å². The molecular weight excluding hydrogens is 382 g/mol. The standard InChI is InChI=1S/C20H23NO4S2/c1-21(13-15-7-9-16(25-2)10-8-15)20(22)18-5-3-4-6-19(18)26-17-11-12-27(23,24)14-17/h3-10,17H,11-14H2,1-2H3/t17-/m1/s1. The van der Waals surface area contributed by atoms with Crippen molar-refractivity contribution in [3.8, 4) is 5.75 Å². The van der Waals surface area contributed by atoms with Crippen LogP contribution in [0, 0.1) is 0 Å². The van der Waals surface area contributed by atoms with Gasteiger partial charge in [0.1, 0.15) is 5.75 Å². The van der Waals surface area contributed by atoms with Gasteiger partial charge in [-0.05, 0) is 36.2 Å². The Bertz CT molecular complexity index is 910. The molecule has 2 aromatic rings. The molecule has 144 valence electrons. The maximum atomic E-state index is 13.0. The molecule has 1 aliphatic rings. The molecule has 1 saturated heterocycles. The fraction of sp³-hybridized carbons (Fsp3) is 0.350. The molecule has 1 heterocycles. The smallest absolute Gasteiger partial charge is 0.255 e. The maximum absolute atomic E-state index is 13.0. The molecule has 1 fully saturated rings. The predicted molar refractivity (Wildman–Crippen MR) is 108 cm³/mol. The lowest BCUT2D eigenvalue weighted by molar-refractivity contribution is 0.0781. The monoisotopic (exact) mass is 405 g/mol. The quantitative estimate of drug-likeness (QED) is 0.738. The Morgan fingerprint density at radius 1 is 1.19 bits per heavy atom. The second kappa shape index (κ2) is 8.35. The highest BCUT2D eigenvalue weighted by atomic mass is 32.2. The molecule has 2 aromatic carbocycles. The predicted octanol–water partition coefficient (Wildman–Crippen LogP) is 3.25. The molecule has 0 aliphatic carbocycles. The number of rotatable bonds is 6. The summed E-state index contributed by atoms with van der Waals surface area (Å²) >= 11 is 1.49. The fourth-order valence-corrected chi connectivity index (χ4v) is 6.68. The van der Waals surface area contributed by atoms with Crippen molar-refractivity contribution in [1.29, 1.82) is 0 Å². The molecule has 0 radical (unpaired) electrons. The first-order valence-electron chi connectivity index (χ1n) is 8.72. The van der Waals surface area contributed by atoms with E-state index in [-0.39, 0.29) is 22.7 Å². The zero-order chi connectivity index (χ0) is 19.4. The van der Waals surface area contributed by atoms with Crippen molar-refractivity contribution in [2.45, 2.75) is 23.1 Å². The van der Waals surface area contributed by atoms with E-state index in [2.05, 4.69) is 0 Å². The first-order valence-corrected chi connectivity index (χ1v) is 11.4. The van der Waals surface area contributed by atoms with Crippen LogP contribution in [-0.4, -0.2) is 50.1 Å². The second-order valence-electron chi connectivity index (χ2n) is 6.65. The van der Waals surface area contributed by atoms with Gasteiger partial charge in [0, 0.05) is 23.7 Å². The van der Waals surface area contributed by atoms with Gasteiger partial charge in [0.2, 0.25) is 0 Å². The van der Waals surface area contributed by atoms with Crippen molar-refractivity contribution >= 4 is 27.5 Å². The van der Waals surface area contributed by atoms with Crippen LogP contribution in [-0.2, 0) is 16.4 Å².